The van der Waals surface area contributed by atoms with Gasteiger partial charge in [0.15, 0.2) is 0 Å². The fraction of sp³-hybridized carbons (Fsp3) is 0.200. The topological polar surface area (TPSA) is 0 Å². The van der Waals surface area contributed by atoms with Crippen molar-refractivity contribution in [2.45, 2.75) is 11.8 Å². The molecule has 0 amide bonds. The normalized spacial score (nSPS) is 11.0. The van der Waals surface area contributed by atoms with Crippen molar-refractivity contribution in [3.8, 4) is 0 Å². The fourth-order valence-corrected chi connectivity index (χ4v) is 3.64. The molecule has 1 heterocycles. The molecule has 2 rings (SSSR count). The molecule has 0 aliphatic rings. The second kappa shape index (κ2) is 3.64. The van der Waals surface area contributed by atoms with Gasteiger partial charge in [0.1, 0.15) is 0 Å². The van der Waals surface area contributed by atoms with E-state index in [1.165, 1.54) is 24.3 Å². The highest BCUT2D eigenvalue weighted by molar-refractivity contribution is 9.11. The molecule has 0 aliphatic carbocycles. The summed E-state index contributed by atoms with van der Waals surface area (Å²) in [4.78, 5) is 1.38. The van der Waals surface area contributed by atoms with Gasteiger partial charge in [-0.25, -0.2) is 0 Å². The van der Waals surface area contributed by atoms with Gasteiger partial charge in [-0.3, -0.25) is 0 Å². The molecule has 13 heavy (non-hydrogen) atoms. The van der Waals surface area contributed by atoms with Crippen LogP contribution in [0.1, 0.15) is 5.56 Å². The second-order valence-electron chi connectivity index (χ2n) is 2.91. The van der Waals surface area contributed by atoms with Crippen LogP contribution in [0.15, 0.2) is 26.9 Å². The average molecular weight is 273 g/mol. The van der Waals surface area contributed by atoms with Gasteiger partial charge in [0.05, 0.1) is 3.79 Å². The van der Waals surface area contributed by atoms with Crippen LogP contribution in [0.2, 0.25) is 0 Å². The SMILES string of the molecule is CSc1cc2sc(Br)cc2cc1C. The highest BCUT2D eigenvalue weighted by Gasteiger charge is 2.03. The van der Waals surface area contributed by atoms with Crippen molar-refractivity contribution in [2.24, 2.45) is 0 Å². The summed E-state index contributed by atoms with van der Waals surface area (Å²) in [7, 11) is 0. The lowest BCUT2D eigenvalue weighted by Crippen LogP contribution is -1.76. The zero-order valence-electron chi connectivity index (χ0n) is 7.43. The predicted molar refractivity (Wildman–Crippen MR) is 66.0 cm³/mol. The minimum Gasteiger partial charge on any atom is -0.129 e. The Morgan fingerprint density at radius 2 is 2.08 bits per heavy atom. The third kappa shape index (κ3) is 1.78. The lowest BCUT2D eigenvalue weighted by atomic mass is 10.2. The van der Waals surface area contributed by atoms with Crippen molar-refractivity contribution in [1.82, 2.24) is 0 Å². The van der Waals surface area contributed by atoms with Gasteiger partial charge in [-0.15, -0.1) is 23.1 Å². The van der Waals surface area contributed by atoms with Crippen LogP contribution < -0.4 is 0 Å². The van der Waals surface area contributed by atoms with Crippen LogP contribution in [0.4, 0.5) is 0 Å². The molecule has 3 heteroatoms. The number of hydrogen-bond donors (Lipinski definition) is 0. The number of rotatable bonds is 1. The zero-order chi connectivity index (χ0) is 9.42. The lowest BCUT2D eigenvalue weighted by molar-refractivity contribution is 1.34. The van der Waals surface area contributed by atoms with E-state index in [1.54, 1.807) is 11.3 Å². The quantitative estimate of drug-likeness (QED) is 0.679. The maximum Gasteiger partial charge on any atom is 0.0711 e. The summed E-state index contributed by atoms with van der Waals surface area (Å²) in [6.45, 7) is 2.16. The van der Waals surface area contributed by atoms with E-state index in [4.69, 9.17) is 0 Å². The van der Waals surface area contributed by atoms with Gasteiger partial charge in [0.25, 0.3) is 0 Å². The fourth-order valence-electron chi connectivity index (χ4n) is 1.37. The van der Waals surface area contributed by atoms with Crippen molar-refractivity contribution in [2.75, 3.05) is 6.26 Å². The van der Waals surface area contributed by atoms with Crippen LogP contribution in [-0.2, 0) is 0 Å². The summed E-state index contributed by atoms with van der Waals surface area (Å²) in [6.07, 6.45) is 2.12. The zero-order valence-corrected chi connectivity index (χ0v) is 10.6. The Bertz CT molecular complexity index is 445. The number of benzene rings is 1. The number of thioether (sulfide) groups is 1. The number of aryl methyl sites for hydroxylation is 1. The summed E-state index contributed by atoms with van der Waals surface area (Å²) in [5.74, 6) is 0. The minimum atomic E-state index is 1.21. The van der Waals surface area contributed by atoms with E-state index in [9.17, 15) is 0 Å². The first-order chi connectivity index (χ1) is 6.20. The van der Waals surface area contributed by atoms with E-state index in [1.807, 2.05) is 11.8 Å². The summed E-state index contributed by atoms with van der Waals surface area (Å²) < 4.78 is 2.57. The highest BCUT2D eigenvalue weighted by atomic mass is 79.9. The number of hydrogen-bond acceptors (Lipinski definition) is 2. The Morgan fingerprint density at radius 3 is 2.77 bits per heavy atom. The highest BCUT2D eigenvalue weighted by Crippen LogP contribution is 2.34. The Kier molecular flexibility index (Phi) is 2.67. The van der Waals surface area contributed by atoms with E-state index < -0.39 is 0 Å². The lowest BCUT2D eigenvalue weighted by Gasteiger charge is -2.01. The number of halogens is 1. The maximum absolute atomic E-state index is 3.51. The van der Waals surface area contributed by atoms with Gasteiger partial charge in [0.2, 0.25) is 0 Å². The molecule has 68 valence electrons. The van der Waals surface area contributed by atoms with Crippen LogP contribution >= 0.6 is 39.0 Å². The number of fused-ring (bicyclic) bond motifs is 1. The first kappa shape index (κ1) is 9.56. The van der Waals surface area contributed by atoms with Crippen molar-refractivity contribution in [3.63, 3.8) is 0 Å². The van der Waals surface area contributed by atoms with Crippen molar-refractivity contribution in [3.05, 3.63) is 27.5 Å². The molecule has 0 saturated heterocycles. The summed E-state index contributed by atoms with van der Waals surface area (Å²) in [5, 5.41) is 1.34. The largest absolute Gasteiger partial charge is 0.129 e. The molecule has 2 aromatic rings. The van der Waals surface area contributed by atoms with Gasteiger partial charge in [-0.05, 0) is 58.3 Å². The van der Waals surface area contributed by atoms with Crippen LogP contribution in [0.3, 0.4) is 0 Å². The summed E-state index contributed by atoms with van der Waals surface area (Å²) >= 11 is 7.11. The Morgan fingerprint density at radius 1 is 1.31 bits per heavy atom. The van der Waals surface area contributed by atoms with Crippen LogP contribution in [0.5, 0.6) is 0 Å². The Hall–Kier alpha value is 0.01000. The van der Waals surface area contributed by atoms with E-state index >= 15 is 0 Å². The molecule has 0 nitrogen and oxygen atoms in total. The Labute approximate surface area is 94.5 Å². The van der Waals surface area contributed by atoms with E-state index in [-0.39, 0.29) is 0 Å². The maximum atomic E-state index is 3.51. The van der Waals surface area contributed by atoms with Gasteiger partial charge in [-0.1, -0.05) is 0 Å². The molecule has 0 N–H and O–H groups in total. The van der Waals surface area contributed by atoms with E-state index in [0.717, 1.165) is 0 Å². The van der Waals surface area contributed by atoms with Gasteiger partial charge < -0.3 is 0 Å². The summed E-state index contributed by atoms with van der Waals surface area (Å²) in [5.41, 5.74) is 1.37. The average Bonchev–Trinajstić information content (AvgIpc) is 2.42. The first-order valence-corrected chi connectivity index (χ1v) is 6.78. The van der Waals surface area contributed by atoms with Crippen molar-refractivity contribution < 1.29 is 0 Å². The molecule has 0 unspecified atom stereocenters. The van der Waals surface area contributed by atoms with E-state index in [2.05, 4.69) is 47.3 Å². The predicted octanol–water partition coefficient (Wildman–Crippen LogP) is 4.69. The smallest absolute Gasteiger partial charge is 0.0711 e. The van der Waals surface area contributed by atoms with Gasteiger partial charge in [-0.2, -0.15) is 0 Å². The molecule has 1 aromatic carbocycles. The Balaban J connectivity index is 2.72. The third-order valence-corrected chi connectivity index (χ3v) is 4.48. The molecule has 0 fully saturated rings. The minimum absolute atomic E-state index is 1.21. The van der Waals surface area contributed by atoms with Gasteiger partial charge >= 0.3 is 0 Å². The van der Waals surface area contributed by atoms with Crippen LogP contribution in [-0.4, -0.2) is 6.26 Å². The third-order valence-electron chi connectivity index (χ3n) is 2.00. The standard InChI is InChI=1S/C10H9BrS2/c1-6-3-7-4-10(11)13-9(7)5-8(6)12-2/h3-5H,1-2H3. The molecule has 0 spiro atoms. The van der Waals surface area contributed by atoms with E-state index in [0.29, 0.717) is 0 Å². The molecule has 0 aliphatic heterocycles. The summed E-state index contributed by atoms with van der Waals surface area (Å²) in [6, 6.07) is 6.70. The molecular weight excluding hydrogens is 264 g/mol. The van der Waals surface area contributed by atoms with Crippen molar-refractivity contribution in [1.29, 1.82) is 0 Å². The van der Waals surface area contributed by atoms with Gasteiger partial charge in [0, 0.05) is 9.60 Å². The molecule has 1 aromatic heterocycles. The molecule has 0 saturated carbocycles. The monoisotopic (exact) mass is 272 g/mol. The first-order valence-electron chi connectivity index (χ1n) is 3.94. The van der Waals surface area contributed by atoms with Crippen LogP contribution in [0.25, 0.3) is 10.1 Å². The van der Waals surface area contributed by atoms with Crippen molar-refractivity contribution >= 4 is 49.1 Å². The second-order valence-corrected chi connectivity index (χ2v) is 6.22. The molecule has 0 atom stereocenters. The molecule has 0 radical (unpaired) electrons. The molecule has 0 bridgehead atoms. The number of thiophene rings is 1. The molecular formula is C10H9BrS2. The van der Waals surface area contributed by atoms with Crippen LogP contribution in [0, 0.1) is 6.92 Å².